The van der Waals surface area contributed by atoms with Gasteiger partial charge >= 0.3 is 0 Å². The lowest BCUT2D eigenvalue weighted by Gasteiger charge is -2.09. The fourth-order valence-corrected chi connectivity index (χ4v) is 2.29. The monoisotopic (exact) mass is 287 g/mol. The predicted molar refractivity (Wildman–Crippen MR) is 77.1 cm³/mol. The molecule has 1 aromatic heterocycles. The average molecular weight is 287 g/mol. The topological polar surface area (TPSA) is 75.1 Å². The Balaban J connectivity index is 1.98. The molecule has 0 aliphatic heterocycles. The van der Waals surface area contributed by atoms with Crippen LogP contribution in [0.15, 0.2) is 30.3 Å². The molecule has 0 unspecified atom stereocenters. The van der Waals surface area contributed by atoms with E-state index in [2.05, 4.69) is 21.4 Å². The van der Waals surface area contributed by atoms with Gasteiger partial charge in [-0.2, -0.15) is 0 Å². The van der Waals surface area contributed by atoms with Crippen LogP contribution in [0.4, 0.5) is 5.13 Å². The van der Waals surface area contributed by atoms with E-state index in [0.29, 0.717) is 23.5 Å². The van der Waals surface area contributed by atoms with Crippen LogP contribution in [-0.4, -0.2) is 21.2 Å². The maximum Gasteiger partial charge on any atom is 0.259 e. The van der Waals surface area contributed by atoms with Crippen molar-refractivity contribution in [3.8, 4) is 12.3 Å². The number of amides is 1. The Bertz CT molecular complexity index is 619. The van der Waals surface area contributed by atoms with Crippen molar-refractivity contribution in [2.75, 3.05) is 5.32 Å². The van der Waals surface area contributed by atoms with Crippen LogP contribution in [0.3, 0.4) is 0 Å². The largest absolute Gasteiger partial charge is 0.378 e. The van der Waals surface area contributed by atoms with E-state index in [1.54, 1.807) is 24.3 Å². The lowest BCUT2D eigenvalue weighted by atomic mass is 10.1. The van der Waals surface area contributed by atoms with Crippen molar-refractivity contribution < 1.29 is 9.90 Å². The number of aromatic nitrogens is 2. The van der Waals surface area contributed by atoms with Crippen molar-refractivity contribution >= 4 is 22.4 Å². The molecule has 0 aliphatic rings. The minimum atomic E-state index is -1.23. The van der Waals surface area contributed by atoms with Gasteiger partial charge in [-0.25, -0.2) is 0 Å². The molecule has 0 aliphatic carbocycles. The number of carbonyl (C=O) groups is 1. The van der Waals surface area contributed by atoms with Gasteiger partial charge in [0.2, 0.25) is 5.13 Å². The molecule has 0 radical (unpaired) electrons. The van der Waals surface area contributed by atoms with E-state index in [1.165, 1.54) is 11.3 Å². The molecule has 0 saturated carbocycles. The van der Waals surface area contributed by atoms with E-state index in [1.807, 2.05) is 6.07 Å². The van der Waals surface area contributed by atoms with Gasteiger partial charge in [-0.05, 0) is 5.56 Å². The fraction of sp³-hybridized carbons (Fsp3) is 0.214. The molecular formula is C14H13N3O2S. The van der Waals surface area contributed by atoms with E-state index < -0.39 is 12.0 Å². The molecule has 2 aromatic rings. The Morgan fingerprint density at radius 3 is 2.85 bits per heavy atom. The number of nitrogens with one attached hydrogen (secondary N) is 1. The third kappa shape index (κ3) is 3.63. The number of aliphatic hydroxyl groups is 1. The zero-order valence-corrected chi connectivity index (χ0v) is 11.4. The zero-order valence-electron chi connectivity index (χ0n) is 10.6. The van der Waals surface area contributed by atoms with Crippen LogP contribution in [0.2, 0.25) is 0 Å². The number of terminal acetylenes is 1. The summed E-state index contributed by atoms with van der Waals surface area (Å²) in [6, 6.07) is 8.70. The molecule has 0 fully saturated rings. The maximum atomic E-state index is 11.9. The normalized spacial score (nSPS) is 11.6. The van der Waals surface area contributed by atoms with Gasteiger partial charge in [0, 0.05) is 12.8 Å². The third-order valence-electron chi connectivity index (χ3n) is 2.54. The Morgan fingerprint density at radius 2 is 2.15 bits per heavy atom. The van der Waals surface area contributed by atoms with Gasteiger partial charge in [0.25, 0.3) is 5.91 Å². The number of nitrogens with zero attached hydrogens (tertiary/aromatic N) is 2. The maximum absolute atomic E-state index is 11.9. The molecule has 6 heteroatoms. The van der Waals surface area contributed by atoms with Gasteiger partial charge in [-0.1, -0.05) is 41.7 Å². The lowest BCUT2D eigenvalue weighted by Crippen LogP contribution is -2.20. The quantitative estimate of drug-likeness (QED) is 0.822. The Labute approximate surface area is 120 Å². The van der Waals surface area contributed by atoms with Gasteiger partial charge in [0.05, 0.1) is 0 Å². The van der Waals surface area contributed by atoms with Crippen LogP contribution >= 0.6 is 11.3 Å². The average Bonchev–Trinajstić information content (AvgIpc) is 2.92. The zero-order chi connectivity index (χ0) is 14.4. The molecular weight excluding hydrogens is 274 g/mol. The lowest BCUT2D eigenvalue weighted by molar-refractivity contribution is -0.124. The van der Waals surface area contributed by atoms with Gasteiger partial charge in [-0.15, -0.1) is 22.5 Å². The summed E-state index contributed by atoms with van der Waals surface area (Å²) in [6.07, 6.45) is 5.15. The first-order valence-corrected chi connectivity index (χ1v) is 6.82. The van der Waals surface area contributed by atoms with Gasteiger partial charge in [0.1, 0.15) is 5.01 Å². The van der Waals surface area contributed by atoms with Crippen LogP contribution in [0.5, 0.6) is 0 Å². The SMILES string of the molecule is C#CCCc1nnc(NC(=O)[C@@H](O)c2ccccc2)s1. The van der Waals surface area contributed by atoms with Crippen molar-refractivity contribution in [1.82, 2.24) is 10.2 Å². The summed E-state index contributed by atoms with van der Waals surface area (Å²) in [6.45, 7) is 0. The molecule has 1 heterocycles. The van der Waals surface area contributed by atoms with Gasteiger partial charge in [0.15, 0.2) is 6.10 Å². The first-order valence-electron chi connectivity index (χ1n) is 6.00. The van der Waals surface area contributed by atoms with Crippen molar-refractivity contribution in [3.05, 3.63) is 40.9 Å². The molecule has 2 rings (SSSR count). The summed E-state index contributed by atoms with van der Waals surface area (Å²) < 4.78 is 0. The highest BCUT2D eigenvalue weighted by Gasteiger charge is 2.18. The fourth-order valence-electron chi connectivity index (χ4n) is 1.54. The molecule has 1 atom stereocenters. The van der Waals surface area contributed by atoms with Crippen LogP contribution in [0, 0.1) is 12.3 Å². The number of benzene rings is 1. The number of carbonyl (C=O) groups excluding carboxylic acids is 1. The Morgan fingerprint density at radius 1 is 1.40 bits per heavy atom. The number of anilines is 1. The molecule has 1 amide bonds. The first-order chi connectivity index (χ1) is 9.70. The summed E-state index contributed by atoms with van der Waals surface area (Å²) in [5.74, 6) is 1.99. The summed E-state index contributed by atoms with van der Waals surface area (Å²) in [5, 5.41) is 21.3. The van der Waals surface area contributed by atoms with E-state index in [-0.39, 0.29) is 0 Å². The number of rotatable bonds is 5. The summed E-state index contributed by atoms with van der Waals surface area (Å²) >= 11 is 1.25. The summed E-state index contributed by atoms with van der Waals surface area (Å²) in [4.78, 5) is 11.9. The molecule has 102 valence electrons. The summed E-state index contributed by atoms with van der Waals surface area (Å²) in [7, 11) is 0. The van der Waals surface area contributed by atoms with Crippen molar-refractivity contribution in [1.29, 1.82) is 0 Å². The predicted octanol–water partition coefficient (Wildman–Crippen LogP) is 1.78. The second-order valence-corrected chi connectivity index (χ2v) is 5.07. The van der Waals surface area contributed by atoms with Gasteiger partial charge < -0.3 is 5.11 Å². The molecule has 1 aromatic carbocycles. The first kappa shape index (κ1) is 14.2. The van der Waals surface area contributed by atoms with E-state index >= 15 is 0 Å². The molecule has 0 spiro atoms. The van der Waals surface area contributed by atoms with Gasteiger partial charge in [-0.3, -0.25) is 10.1 Å². The molecule has 5 nitrogen and oxygen atoms in total. The highest BCUT2D eigenvalue weighted by Crippen LogP contribution is 2.19. The Hall–Kier alpha value is -2.23. The van der Waals surface area contributed by atoms with Crippen molar-refractivity contribution in [2.24, 2.45) is 0 Å². The Kier molecular flexibility index (Phi) is 4.82. The number of aryl methyl sites for hydroxylation is 1. The molecule has 0 saturated heterocycles. The molecule has 20 heavy (non-hydrogen) atoms. The third-order valence-corrected chi connectivity index (χ3v) is 3.44. The summed E-state index contributed by atoms with van der Waals surface area (Å²) in [5.41, 5.74) is 0.530. The number of aliphatic hydroxyl groups excluding tert-OH is 1. The van der Waals surface area contributed by atoms with Crippen molar-refractivity contribution in [3.63, 3.8) is 0 Å². The van der Waals surface area contributed by atoms with Crippen molar-refractivity contribution in [2.45, 2.75) is 18.9 Å². The molecule has 0 bridgehead atoms. The minimum absolute atomic E-state index is 0.358. The van der Waals surface area contributed by atoms with E-state index in [0.717, 1.165) is 5.01 Å². The second kappa shape index (κ2) is 6.80. The highest BCUT2D eigenvalue weighted by atomic mass is 32.1. The van der Waals surface area contributed by atoms with Crippen LogP contribution in [0.25, 0.3) is 0 Å². The van der Waals surface area contributed by atoms with Crippen LogP contribution in [0.1, 0.15) is 23.1 Å². The van der Waals surface area contributed by atoms with Crippen LogP contribution < -0.4 is 5.32 Å². The van der Waals surface area contributed by atoms with Crippen LogP contribution in [-0.2, 0) is 11.2 Å². The second-order valence-electron chi connectivity index (χ2n) is 4.01. The molecule has 2 N–H and O–H groups in total. The minimum Gasteiger partial charge on any atom is -0.378 e. The van der Waals surface area contributed by atoms with E-state index in [4.69, 9.17) is 6.42 Å². The van der Waals surface area contributed by atoms with E-state index in [9.17, 15) is 9.90 Å². The smallest absolute Gasteiger partial charge is 0.259 e. The standard InChI is InChI=1S/C14H13N3O2S/c1-2-3-9-11-16-17-14(20-11)15-13(19)12(18)10-7-5-4-6-8-10/h1,4-8,12,18H,3,9H2,(H,15,17,19)/t12-/m0/s1. The number of hydrogen-bond donors (Lipinski definition) is 2. The number of hydrogen-bond acceptors (Lipinski definition) is 5. The highest BCUT2D eigenvalue weighted by molar-refractivity contribution is 7.15.